The van der Waals surface area contributed by atoms with Crippen molar-refractivity contribution in [3.63, 3.8) is 0 Å². The minimum atomic E-state index is 0.611. The molecule has 0 saturated heterocycles. The van der Waals surface area contributed by atoms with Gasteiger partial charge < -0.3 is 8.98 Å². The fourth-order valence-corrected chi connectivity index (χ4v) is 6.32. The molecule has 45 heavy (non-hydrogen) atoms. The summed E-state index contributed by atoms with van der Waals surface area (Å²) in [5.74, 6) is 1.41. The zero-order chi connectivity index (χ0) is 29.9. The van der Waals surface area contributed by atoms with Crippen molar-refractivity contribution in [3.8, 4) is 40.2 Å². The van der Waals surface area contributed by atoms with E-state index in [1.807, 2.05) is 95.7 Å². The zero-order valence-corrected chi connectivity index (χ0v) is 23.9. The van der Waals surface area contributed by atoms with E-state index >= 15 is 0 Å². The Labute approximate surface area is 257 Å². The van der Waals surface area contributed by atoms with E-state index in [1.54, 1.807) is 0 Å². The maximum atomic E-state index is 9.80. The Hall–Kier alpha value is -6.45. The van der Waals surface area contributed by atoms with Crippen LogP contribution in [0.2, 0.25) is 0 Å². The quantitative estimate of drug-likeness (QED) is 0.209. The molecule has 0 spiro atoms. The SMILES string of the molecule is N#Cc1ccc2c(c1)c1cc(-n3nc(-c4ccccc4)nc3-c3ccccc3)ccc1n2-c1ccc2oc3ccccc3c2c1. The molecule has 0 bridgehead atoms. The van der Waals surface area contributed by atoms with E-state index in [0.717, 1.165) is 72.1 Å². The summed E-state index contributed by atoms with van der Waals surface area (Å²) >= 11 is 0. The highest BCUT2D eigenvalue weighted by Gasteiger charge is 2.19. The van der Waals surface area contributed by atoms with Crippen LogP contribution < -0.4 is 0 Å². The second-order valence-corrected chi connectivity index (χ2v) is 11.1. The van der Waals surface area contributed by atoms with Gasteiger partial charge in [-0.3, -0.25) is 0 Å². The van der Waals surface area contributed by atoms with Crippen LogP contribution in [0.3, 0.4) is 0 Å². The fourth-order valence-electron chi connectivity index (χ4n) is 6.32. The van der Waals surface area contributed by atoms with E-state index in [0.29, 0.717) is 11.4 Å². The van der Waals surface area contributed by atoms with E-state index in [9.17, 15) is 5.26 Å². The summed E-state index contributed by atoms with van der Waals surface area (Å²) in [6.07, 6.45) is 0. The highest BCUT2D eigenvalue weighted by atomic mass is 16.3. The van der Waals surface area contributed by atoms with Crippen LogP contribution in [0.4, 0.5) is 0 Å². The van der Waals surface area contributed by atoms with Gasteiger partial charge >= 0.3 is 0 Å². The van der Waals surface area contributed by atoms with E-state index in [1.165, 1.54) is 0 Å². The average molecular weight is 578 g/mol. The molecule has 0 saturated carbocycles. The van der Waals surface area contributed by atoms with Crippen molar-refractivity contribution in [1.82, 2.24) is 19.3 Å². The number of hydrogen-bond acceptors (Lipinski definition) is 4. The molecule has 6 nitrogen and oxygen atoms in total. The first kappa shape index (κ1) is 25.1. The van der Waals surface area contributed by atoms with Crippen molar-refractivity contribution in [2.45, 2.75) is 0 Å². The summed E-state index contributed by atoms with van der Waals surface area (Å²) in [5.41, 5.74) is 8.20. The van der Waals surface area contributed by atoms with Crippen LogP contribution in [-0.4, -0.2) is 19.3 Å². The molecule has 0 radical (unpaired) electrons. The van der Waals surface area contributed by atoms with Crippen molar-refractivity contribution in [2.75, 3.05) is 0 Å². The van der Waals surface area contributed by atoms with Gasteiger partial charge in [-0.25, -0.2) is 9.67 Å². The molecule has 6 aromatic carbocycles. The van der Waals surface area contributed by atoms with E-state index in [-0.39, 0.29) is 0 Å². The standard InChI is InChI=1S/C39H23N5O/c40-24-25-15-18-34-31(21-25)32-23-29(44-39(27-11-5-2-6-12-27)41-38(42-44)26-9-3-1-4-10-26)16-19-35(32)43(34)28-17-20-37-33(22-28)30-13-7-8-14-36(30)45-37/h1-23H. The molecule has 9 aromatic rings. The minimum absolute atomic E-state index is 0.611. The molecule has 0 aliphatic carbocycles. The molecule has 0 fully saturated rings. The second kappa shape index (κ2) is 9.80. The summed E-state index contributed by atoms with van der Waals surface area (Å²) in [6, 6.07) is 49.1. The fraction of sp³-hybridized carbons (Fsp3) is 0. The Morgan fingerprint density at radius 3 is 2.00 bits per heavy atom. The molecule has 0 amide bonds. The summed E-state index contributed by atoms with van der Waals surface area (Å²) in [4.78, 5) is 4.99. The largest absolute Gasteiger partial charge is 0.456 e. The van der Waals surface area contributed by atoms with Gasteiger partial charge in [-0.1, -0.05) is 78.9 Å². The summed E-state index contributed by atoms with van der Waals surface area (Å²) in [7, 11) is 0. The Morgan fingerprint density at radius 2 is 1.20 bits per heavy atom. The number of nitrogens with zero attached hydrogens (tertiary/aromatic N) is 5. The maximum Gasteiger partial charge on any atom is 0.182 e. The third-order valence-corrected chi connectivity index (χ3v) is 8.41. The maximum absolute atomic E-state index is 9.80. The third-order valence-electron chi connectivity index (χ3n) is 8.41. The molecule has 0 aliphatic heterocycles. The second-order valence-electron chi connectivity index (χ2n) is 11.1. The predicted molar refractivity (Wildman–Crippen MR) is 179 cm³/mol. The highest BCUT2D eigenvalue weighted by molar-refractivity contribution is 6.11. The van der Waals surface area contributed by atoms with Gasteiger partial charge in [0.15, 0.2) is 11.6 Å². The van der Waals surface area contributed by atoms with Gasteiger partial charge in [0.25, 0.3) is 0 Å². The van der Waals surface area contributed by atoms with Gasteiger partial charge in [-0.05, 0) is 60.7 Å². The van der Waals surface area contributed by atoms with Crippen LogP contribution in [0.5, 0.6) is 0 Å². The topological polar surface area (TPSA) is 72.6 Å². The van der Waals surface area contributed by atoms with Crippen LogP contribution in [-0.2, 0) is 0 Å². The van der Waals surface area contributed by atoms with Gasteiger partial charge in [0.2, 0.25) is 0 Å². The van der Waals surface area contributed by atoms with Crippen molar-refractivity contribution in [3.05, 3.63) is 145 Å². The summed E-state index contributed by atoms with van der Waals surface area (Å²) in [6.45, 7) is 0. The number of rotatable bonds is 4. The Kier molecular flexibility index (Phi) is 5.46. The van der Waals surface area contributed by atoms with Crippen LogP contribution in [0.15, 0.2) is 144 Å². The molecule has 0 atom stereocenters. The van der Waals surface area contributed by atoms with Crippen LogP contribution in [0.25, 0.3) is 77.9 Å². The molecule has 210 valence electrons. The molecule has 0 N–H and O–H groups in total. The molecule has 3 heterocycles. The number of hydrogen-bond donors (Lipinski definition) is 0. The molecule has 9 rings (SSSR count). The molecule has 0 aliphatic rings. The van der Waals surface area contributed by atoms with Crippen LogP contribution in [0.1, 0.15) is 5.56 Å². The van der Waals surface area contributed by atoms with Crippen molar-refractivity contribution in [2.24, 2.45) is 0 Å². The van der Waals surface area contributed by atoms with Gasteiger partial charge in [0, 0.05) is 38.4 Å². The van der Waals surface area contributed by atoms with E-state index < -0.39 is 0 Å². The van der Waals surface area contributed by atoms with Crippen LogP contribution >= 0.6 is 0 Å². The number of aromatic nitrogens is 4. The van der Waals surface area contributed by atoms with E-state index in [4.69, 9.17) is 14.5 Å². The monoisotopic (exact) mass is 577 g/mol. The molecule has 0 unspecified atom stereocenters. The Balaban J connectivity index is 1.29. The van der Waals surface area contributed by atoms with Crippen molar-refractivity contribution >= 4 is 43.7 Å². The highest BCUT2D eigenvalue weighted by Crippen LogP contribution is 2.37. The lowest BCUT2D eigenvalue weighted by molar-refractivity contribution is 0.669. The van der Waals surface area contributed by atoms with Gasteiger partial charge in [-0.2, -0.15) is 5.26 Å². The predicted octanol–water partition coefficient (Wildman–Crippen LogP) is 9.47. The summed E-state index contributed by atoms with van der Waals surface area (Å²) in [5, 5.41) is 19.0. The Morgan fingerprint density at radius 1 is 0.556 bits per heavy atom. The first-order chi connectivity index (χ1) is 22.2. The Bertz CT molecular complexity index is 2600. The smallest absolute Gasteiger partial charge is 0.182 e. The average Bonchev–Trinajstić information content (AvgIpc) is 3.80. The lowest BCUT2D eigenvalue weighted by atomic mass is 10.1. The first-order valence-corrected chi connectivity index (χ1v) is 14.7. The van der Waals surface area contributed by atoms with E-state index in [2.05, 4.69) is 59.2 Å². The molecular weight excluding hydrogens is 554 g/mol. The van der Waals surface area contributed by atoms with Gasteiger partial charge in [0.05, 0.1) is 28.4 Å². The molecule has 3 aromatic heterocycles. The summed E-state index contributed by atoms with van der Waals surface area (Å²) < 4.78 is 10.3. The number of para-hydroxylation sites is 1. The third kappa shape index (κ3) is 3.95. The van der Waals surface area contributed by atoms with Crippen molar-refractivity contribution < 1.29 is 4.42 Å². The lowest BCUT2D eigenvalue weighted by Crippen LogP contribution is -2.00. The normalized spacial score (nSPS) is 11.5. The van der Waals surface area contributed by atoms with Crippen LogP contribution in [0, 0.1) is 11.3 Å². The number of nitriles is 1. The molecule has 6 heteroatoms. The number of benzene rings is 6. The molecular formula is C39H23N5O. The number of fused-ring (bicyclic) bond motifs is 6. The first-order valence-electron chi connectivity index (χ1n) is 14.7. The van der Waals surface area contributed by atoms with Crippen molar-refractivity contribution in [1.29, 1.82) is 5.26 Å². The zero-order valence-electron chi connectivity index (χ0n) is 23.9. The van der Waals surface area contributed by atoms with Gasteiger partial charge in [0.1, 0.15) is 11.2 Å². The minimum Gasteiger partial charge on any atom is -0.456 e. The lowest BCUT2D eigenvalue weighted by Gasteiger charge is -2.09. The van der Waals surface area contributed by atoms with Gasteiger partial charge in [-0.15, -0.1) is 5.10 Å². The number of furan rings is 1.